The third kappa shape index (κ3) is 3.63. The summed E-state index contributed by atoms with van der Waals surface area (Å²) in [6.07, 6.45) is 3.51. The van der Waals surface area contributed by atoms with Crippen molar-refractivity contribution in [2.75, 3.05) is 0 Å². The molecule has 2 aromatic heterocycles. The van der Waals surface area contributed by atoms with E-state index in [0.717, 1.165) is 16.7 Å². The lowest BCUT2D eigenvalue weighted by molar-refractivity contribution is -0.686. The minimum absolute atomic E-state index is 0.0648. The lowest BCUT2D eigenvalue weighted by Crippen LogP contribution is -2.80. The Morgan fingerprint density at radius 1 is 1.07 bits per heavy atom. The summed E-state index contributed by atoms with van der Waals surface area (Å²) in [5.74, 6) is -0.0648. The molecule has 28 heavy (non-hydrogen) atoms. The molecule has 0 fully saturated rings. The molecule has 0 spiro atoms. The zero-order valence-corrected chi connectivity index (χ0v) is 15.7. The van der Waals surface area contributed by atoms with E-state index in [4.69, 9.17) is 16.0 Å². The largest absolute Gasteiger partial charge is 0.506 e. The number of hydrogen-bond donors (Lipinski definition) is 2. The molecular weight excluding hydrogens is 376 g/mol. The van der Waals surface area contributed by atoms with E-state index in [0.29, 0.717) is 29.6 Å². The van der Waals surface area contributed by atoms with Gasteiger partial charge in [0.25, 0.3) is 0 Å². The summed E-state index contributed by atoms with van der Waals surface area (Å²) >= 11 is 6.29. The van der Waals surface area contributed by atoms with Gasteiger partial charge in [-0.3, -0.25) is 4.98 Å². The number of fused-ring (bicyclic) bond motifs is 1. The van der Waals surface area contributed by atoms with Crippen LogP contribution in [0.3, 0.4) is 0 Å². The minimum atomic E-state index is -0.471. The molecule has 0 radical (unpaired) electrons. The van der Waals surface area contributed by atoms with Gasteiger partial charge >= 0.3 is 5.63 Å². The Morgan fingerprint density at radius 3 is 2.64 bits per heavy atom. The fourth-order valence-electron chi connectivity index (χ4n) is 3.27. The number of phenols is 1. The highest BCUT2D eigenvalue weighted by atomic mass is 35.5. The van der Waals surface area contributed by atoms with Gasteiger partial charge < -0.3 is 14.8 Å². The lowest BCUT2D eigenvalue weighted by Gasteiger charge is -2.12. The van der Waals surface area contributed by atoms with Crippen molar-refractivity contribution in [2.45, 2.75) is 13.1 Å². The quantitative estimate of drug-likeness (QED) is 0.509. The number of aromatic hydroxyl groups is 1. The van der Waals surface area contributed by atoms with Crippen LogP contribution in [0.4, 0.5) is 0 Å². The lowest BCUT2D eigenvalue weighted by atomic mass is 9.99. The number of aromatic nitrogens is 1. The fraction of sp³-hybridized carbons (Fsp3) is 0.0909. The maximum atomic E-state index is 12.2. The second kappa shape index (κ2) is 7.84. The van der Waals surface area contributed by atoms with Crippen LogP contribution in [0.5, 0.6) is 5.75 Å². The number of hydrogen-bond acceptors (Lipinski definition) is 4. The van der Waals surface area contributed by atoms with Gasteiger partial charge in [0.2, 0.25) is 0 Å². The van der Waals surface area contributed by atoms with E-state index in [1.165, 1.54) is 6.07 Å². The number of phenolic OH excluding ortho intramolecular Hbond substituents is 1. The molecule has 140 valence electrons. The van der Waals surface area contributed by atoms with Gasteiger partial charge in [-0.15, -0.1) is 0 Å². The standard InChI is InChI=1S/C22H17ClN2O3/c23-19-9-17-16(15-6-2-1-3-7-15)10-20(26)28-22(17)18(21(19)27)13-25-12-14-5-4-8-24-11-14/h1-11,25,27H,12-13H2/p+1. The molecule has 0 aliphatic rings. The molecular formula is C22H18ClN2O3+. The maximum Gasteiger partial charge on any atom is 0.336 e. The molecule has 0 bridgehead atoms. The number of nitrogens with zero attached hydrogens (tertiary/aromatic N) is 1. The Hall–Kier alpha value is -3.15. The Morgan fingerprint density at radius 2 is 1.89 bits per heavy atom. The third-order valence-corrected chi connectivity index (χ3v) is 4.88. The summed E-state index contributed by atoms with van der Waals surface area (Å²) < 4.78 is 5.49. The monoisotopic (exact) mass is 393 g/mol. The van der Waals surface area contributed by atoms with Gasteiger partial charge in [0.1, 0.15) is 18.8 Å². The van der Waals surface area contributed by atoms with Crippen molar-refractivity contribution < 1.29 is 14.8 Å². The van der Waals surface area contributed by atoms with Crippen molar-refractivity contribution >= 4 is 22.6 Å². The number of benzene rings is 2. The van der Waals surface area contributed by atoms with E-state index in [9.17, 15) is 9.90 Å². The van der Waals surface area contributed by atoms with Crippen molar-refractivity contribution in [3.63, 3.8) is 0 Å². The Labute approximate surface area is 166 Å². The first-order chi connectivity index (χ1) is 13.6. The SMILES string of the molecule is O=c1cc(-c2ccccc2)c2cc(Cl)c(O)c(C[NH2+]Cc3cccnc3)c2o1. The van der Waals surface area contributed by atoms with Gasteiger partial charge in [-0.2, -0.15) is 0 Å². The summed E-state index contributed by atoms with van der Waals surface area (Å²) in [6, 6.07) is 16.5. The summed E-state index contributed by atoms with van der Waals surface area (Å²) in [6.45, 7) is 1.07. The van der Waals surface area contributed by atoms with Crippen LogP contribution < -0.4 is 10.9 Å². The van der Waals surface area contributed by atoms with Gasteiger partial charge in [0.15, 0.2) is 5.58 Å². The number of nitrogens with two attached hydrogens (primary N) is 1. The zero-order chi connectivity index (χ0) is 19.5. The second-order valence-electron chi connectivity index (χ2n) is 6.47. The van der Waals surface area contributed by atoms with Crippen LogP contribution in [0.2, 0.25) is 5.02 Å². The van der Waals surface area contributed by atoms with Gasteiger partial charge in [0.05, 0.1) is 10.6 Å². The topological polar surface area (TPSA) is 79.9 Å². The normalized spacial score (nSPS) is 11.0. The van der Waals surface area contributed by atoms with Crippen molar-refractivity contribution in [1.29, 1.82) is 0 Å². The summed E-state index contributed by atoms with van der Waals surface area (Å²) in [5.41, 5.74) is 3.05. The minimum Gasteiger partial charge on any atom is -0.506 e. The number of rotatable bonds is 5. The molecule has 0 aliphatic carbocycles. The van der Waals surface area contributed by atoms with Gasteiger partial charge in [-0.05, 0) is 23.3 Å². The highest BCUT2D eigenvalue weighted by Gasteiger charge is 2.19. The molecule has 0 unspecified atom stereocenters. The van der Waals surface area contributed by atoms with Gasteiger partial charge in [0, 0.05) is 29.4 Å². The van der Waals surface area contributed by atoms with Crippen LogP contribution in [0.15, 0.2) is 76.2 Å². The average Bonchev–Trinajstić information content (AvgIpc) is 2.72. The molecule has 0 aliphatic heterocycles. The van der Waals surface area contributed by atoms with Crippen LogP contribution >= 0.6 is 11.6 Å². The highest BCUT2D eigenvalue weighted by molar-refractivity contribution is 6.33. The van der Waals surface area contributed by atoms with Crippen LogP contribution in [0.25, 0.3) is 22.1 Å². The first-order valence-corrected chi connectivity index (χ1v) is 9.25. The Bertz CT molecular complexity index is 1180. The van der Waals surface area contributed by atoms with E-state index in [1.54, 1.807) is 18.5 Å². The van der Waals surface area contributed by atoms with E-state index in [1.807, 2.05) is 47.8 Å². The molecule has 3 N–H and O–H groups in total. The van der Waals surface area contributed by atoms with Crippen LogP contribution in [-0.2, 0) is 13.1 Å². The molecule has 4 rings (SSSR count). The molecule has 0 atom stereocenters. The van der Waals surface area contributed by atoms with Crippen molar-refractivity contribution in [1.82, 2.24) is 4.98 Å². The van der Waals surface area contributed by atoms with Crippen molar-refractivity contribution in [2.24, 2.45) is 0 Å². The van der Waals surface area contributed by atoms with Crippen LogP contribution in [0.1, 0.15) is 11.1 Å². The van der Waals surface area contributed by atoms with E-state index in [-0.39, 0.29) is 10.8 Å². The number of pyridine rings is 1. The number of quaternary nitrogens is 1. The first kappa shape index (κ1) is 18.2. The molecule has 6 heteroatoms. The van der Waals surface area contributed by atoms with Gasteiger partial charge in [-0.1, -0.05) is 48.0 Å². The first-order valence-electron chi connectivity index (χ1n) is 8.87. The summed E-state index contributed by atoms with van der Waals surface area (Å²) in [5, 5.41) is 13.4. The molecule has 0 amide bonds. The summed E-state index contributed by atoms with van der Waals surface area (Å²) in [7, 11) is 0. The maximum absolute atomic E-state index is 12.2. The van der Waals surface area contributed by atoms with Crippen LogP contribution in [0, 0.1) is 0 Å². The predicted octanol–water partition coefficient (Wildman–Crippen LogP) is 3.48. The third-order valence-electron chi connectivity index (χ3n) is 4.59. The summed E-state index contributed by atoms with van der Waals surface area (Å²) in [4.78, 5) is 16.3. The molecule has 2 heterocycles. The molecule has 4 aromatic rings. The predicted molar refractivity (Wildman–Crippen MR) is 108 cm³/mol. The zero-order valence-electron chi connectivity index (χ0n) is 14.9. The van der Waals surface area contributed by atoms with Crippen molar-refractivity contribution in [3.8, 4) is 16.9 Å². The second-order valence-corrected chi connectivity index (χ2v) is 6.87. The fourth-order valence-corrected chi connectivity index (χ4v) is 3.49. The van der Waals surface area contributed by atoms with Crippen molar-refractivity contribution in [3.05, 3.63) is 93.6 Å². The van der Waals surface area contributed by atoms with E-state index >= 15 is 0 Å². The molecule has 2 aromatic carbocycles. The van der Waals surface area contributed by atoms with E-state index in [2.05, 4.69) is 4.98 Å². The number of halogens is 1. The smallest absolute Gasteiger partial charge is 0.336 e. The molecule has 0 saturated carbocycles. The Balaban J connectivity index is 1.78. The highest BCUT2D eigenvalue weighted by Crippen LogP contribution is 2.37. The average molecular weight is 394 g/mol. The van der Waals surface area contributed by atoms with Crippen LogP contribution in [-0.4, -0.2) is 10.1 Å². The van der Waals surface area contributed by atoms with E-state index < -0.39 is 5.63 Å². The van der Waals surface area contributed by atoms with Gasteiger partial charge in [-0.25, -0.2) is 4.79 Å². The Kier molecular flexibility index (Phi) is 5.10. The molecule has 5 nitrogen and oxygen atoms in total. The molecule has 0 saturated heterocycles.